The van der Waals surface area contributed by atoms with Crippen molar-refractivity contribution in [1.29, 1.82) is 0 Å². The lowest BCUT2D eigenvalue weighted by Gasteiger charge is -2.18. The van der Waals surface area contributed by atoms with E-state index < -0.39 is 10.0 Å². The normalized spacial score (nSPS) is 11.8. The molecule has 0 fully saturated rings. The van der Waals surface area contributed by atoms with Crippen LogP contribution in [0.2, 0.25) is 0 Å². The van der Waals surface area contributed by atoms with Crippen molar-refractivity contribution < 1.29 is 13.5 Å². The highest BCUT2D eigenvalue weighted by atomic mass is 32.2. The van der Waals surface area contributed by atoms with Crippen LogP contribution in [0, 0.1) is 6.92 Å². The van der Waals surface area contributed by atoms with E-state index in [2.05, 4.69) is 0 Å². The molecule has 0 bridgehead atoms. The van der Waals surface area contributed by atoms with Gasteiger partial charge in [0.1, 0.15) is 5.75 Å². The van der Waals surface area contributed by atoms with Crippen molar-refractivity contribution in [2.45, 2.75) is 18.4 Å². The molecule has 0 heterocycles. The fourth-order valence-electron chi connectivity index (χ4n) is 2.05. The highest BCUT2D eigenvalue weighted by Gasteiger charge is 2.21. The molecule has 0 unspecified atom stereocenters. The van der Waals surface area contributed by atoms with Crippen LogP contribution < -0.4 is 5.73 Å². The molecule has 3 N–H and O–H groups in total. The summed E-state index contributed by atoms with van der Waals surface area (Å²) in [5.74, 6) is 0.149. The van der Waals surface area contributed by atoms with Gasteiger partial charge in [-0.05, 0) is 48.4 Å². The Morgan fingerprint density at radius 3 is 2.33 bits per heavy atom. The summed E-state index contributed by atoms with van der Waals surface area (Å²) < 4.78 is 26.3. The van der Waals surface area contributed by atoms with Gasteiger partial charge in [0.2, 0.25) is 10.0 Å². The molecule has 0 atom stereocenters. The summed E-state index contributed by atoms with van der Waals surface area (Å²) in [6, 6.07) is 11.2. The first-order valence-electron chi connectivity index (χ1n) is 6.40. The van der Waals surface area contributed by atoms with Crippen LogP contribution in [0.3, 0.4) is 0 Å². The van der Waals surface area contributed by atoms with Crippen LogP contribution >= 0.6 is 0 Å². The van der Waals surface area contributed by atoms with Gasteiger partial charge >= 0.3 is 0 Å². The van der Waals surface area contributed by atoms with Crippen molar-refractivity contribution in [3.63, 3.8) is 0 Å². The lowest BCUT2D eigenvalue weighted by molar-refractivity contribution is 0.463. The Morgan fingerprint density at radius 2 is 1.76 bits per heavy atom. The Balaban J connectivity index is 2.28. The summed E-state index contributed by atoms with van der Waals surface area (Å²) >= 11 is 0. The van der Waals surface area contributed by atoms with Crippen LogP contribution in [0.4, 0.5) is 5.69 Å². The molecule has 0 radical (unpaired) electrons. The Hall–Kier alpha value is -2.05. The molecule has 0 aliphatic carbocycles. The number of hydrogen-bond donors (Lipinski definition) is 2. The van der Waals surface area contributed by atoms with E-state index in [9.17, 15) is 13.5 Å². The zero-order valence-electron chi connectivity index (χ0n) is 11.9. The monoisotopic (exact) mass is 306 g/mol. The number of nitrogens with two attached hydrogens (primary N) is 1. The van der Waals surface area contributed by atoms with Gasteiger partial charge in [-0.25, -0.2) is 8.42 Å². The lowest BCUT2D eigenvalue weighted by atomic mass is 10.2. The van der Waals surface area contributed by atoms with E-state index in [-0.39, 0.29) is 17.2 Å². The molecule has 0 aromatic heterocycles. The Kier molecular flexibility index (Phi) is 4.20. The molecule has 5 nitrogen and oxygen atoms in total. The molecule has 0 saturated heterocycles. The zero-order valence-corrected chi connectivity index (χ0v) is 12.8. The van der Waals surface area contributed by atoms with Gasteiger partial charge < -0.3 is 10.8 Å². The fraction of sp³-hybridized carbons (Fsp3) is 0.200. The van der Waals surface area contributed by atoms with Gasteiger partial charge in [0.05, 0.1) is 4.90 Å². The first kappa shape index (κ1) is 15.3. The van der Waals surface area contributed by atoms with Crippen LogP contribution in [-0.2, 0) is 16.6 Å². The summed E-state index contributed by atoms with van der Waals surface area (Å²) in [5.41, 5.74) is 7.73. The third kappa shape index (κ3) is 3.53. The summed E-state index contributed by atoms with van der Waals surface area (Å²) in [6.07, 6.45) is 0. The molecule has 0 aliphatic heterocycles. The predicted octanol–water partition coefficient (Wildman–Crippen LogP) is 2.10. The Morgan fingerprint density at radius 1 is 1.14 bits per heavy atom. The number of nitrogens with zero attached hydrogens (tertiary/aromatic N) is 1. The quantitative estimate of drug-likeness (QED) is 0.847. The van der Waals surface area contributed by atoms with Gasteiger partial charge in [0.15, 0.2) is 0 Å². The second-order valence-electron chi connectivity index (χ2n) is 5.01. The van der Waals surface area contributed by atoms with E-state index in [1.54, 1.807) is 31.2 Å². The van der Waals surface area contributed by atoms with Crippen LogP contribution in [0.5, 0.6) is 5.75 Å². The number of hydrogen-bond acceptors (Lipinski definition) is 4. The van der Waals surface area contributed by atoms with Crippen molar-refractivity contribution in [2.24, 2.45) is 0 Å². The second kappa shape index (κ2) is 5.75. The number of rotatable bonds is 4. The van der Waals surface area contributed by atoms with Gasteiger partial charge in [-0.3, -0.25) is 0 Å². The van der Waals surface area contributed by atoms with E-state index in [1.807, 2.05) is 0 Å². The molecule has 0 saturated carbocycles. The highest BCUT2D eigenvalue weighted by Crippen LogP contribution is 2.21. The van der Waals surface area contributed by atoms with E-state index in [4.69, 9.17) is 5.73 Å². The van der Waals surface area contributed by atoms with Gasteiger partial charge in [-0.2, -0.15) is 4.31 Å². The third-order valence-corrected chi connectivity index (χ3v) is 4.90. The fourth-order valence-corrected chi connectivity index (χ4v) is 3.35. The molecule has 0 amide bonds. The van der Waals surface area contributed by atoms with Crippen molar-refractivity contribution >= 4 is 15.7 Å². The SMILES string of the molecule is Cc1cc(N)cc(S(=O)(=O)N(C)Cc2ccc(O)cc2)c1. The van der Waals surface area contributed by atoms with E-state index in [1.165, 1.54) is 29.6 Å². The Labute approximate surface area is 124 Å². The van der Waals surface area contributed by atoms with Crippen LogP contribution in [0.1, 0.15) is 11.1 Å². The molecular formula is C15H18N2O3S. The maximum absolute atomic E-state index is 12.5. The number of nitrogen functional groups attached to an aromatic ring is 1. The minimum atomic E-state index is -3.60. The van der Waals surface area contributed by atoms with Crippen LogP contribution in [0.25, 0.3) is 0 Å². The molecule has 112 valence electrons. The van der Waals surface area contributed by atoms with Crippen LogP contribution in [0.15, 0.2) is 47.4 Å². The molecule has 0 aliphatic rings. The maximum atomic E-state index is 12.5. The number of anilines is 1. The van der Waals surface area contributed by atoms with E-state index in [0.29, 0.717) is 5.69 Å². The number of phenolic OH excluding ortho intramolecular Hbond substituents is 1. The van der Waals surface area contributed by atoms with Gasteiger partial charge in [-0.1, -0.05) is 12.1 Å². The average Bonchev–Trinajstić information content (AvgIpc) is 2.40. The molecule has 2 aromatic rings. The van der Waals surface area contributed by atoms with E-state index >= 15 is 0 Å². The topological polar surface area (TPSA) is 83.6 Å². The van der Waals surface area contributed by atoms with Crippen molar-refractivity contribution in [2.75, 3.05) is 12.8 Å². The minimum absolute atomic E-state index is 0.149. The number of benzene rings is 2. The number of sulfonamides is 1. The van der Waals surface area contributed by atoms with Gasteiger partial charge in [0.25, 0.3) is 0 Å². The summed E-state index contributed by atoms with van der Waals surface area (Å²) in [4.78, 5) is 0.182. The first-order chi connectivity index (χ1) is 9.79. The molecule has 6 heteroatoms. The number of aryl methyl sites for hydroxylation is 1. The smallest absolute Gasteiger partial charge is 0.243 e. The van der Waals surface area contributed by atoms with Crippen molar-refractivity contribution in [1.82, 2.24) is 4.31 Å². The van der Waals surface area contributed by atoms with Crippen LogP contribution in [-0.4, -0.2) is 24.9 Å². The minimum Gasteiger partial charge on any atom is -0.508 e. The maximum Gasteiger partial charge on any atom is 0.243 e. The van der Waals surface area contributed by atoms with Gasteiger partial charge in [-0.15, -0.1) is 0 Å². The number of phenols is 1. The van der Waals surface area contributed by atoms with Gasteiger partial charge in [0, 0.05) is 19.3 Å². The van der Waals surface area contributed by atoms with Crippen molar-refractivity contribution in [3.05, 3.63) is 53.6 Å². The average molecular weight is 306 g/mol. The standard InChI is InChI=1S/C15H18N2O3S/c1-11-7-13(16)9-15(8-11)21(19,20)17(2)10-12-3-5-14(18)6-4-12/h3-9,18H,10,16H2,1-2H3. The Bertz CT molecular complexity index is 720. The summed E-state index contributed by atoms with van der Waals surface area (Å²) in [7, 11) is -2.09. The van der Waals surface area contributed by atoms with E-state index in [0.717, 1.165) is 11.1 Å². The zero-order chi connectivity index (χ0) is 15.6. The molecule has 2 aromatic carbocycles. The largest absolute Gasteiger partial charge is 0.508 e. The van der Waals surface area contributed by atoms with Crippen molar-refractivity contribution in [3.8, 4) is 5.75 Å². The number of aromatic hydroxyl groups is 1. The molecular weight excluding hydrogens is 288 g/mol. The molecule has 2 rings (SSSR count). The first-order valence-corrected chi connectivity index (χ1v) is 7.84. The lowest BCUT2D eigenvalue weighted by Crippen LogP contribution is -2.26. The molecule has 21 heavy (non-hydrogen) atoms. The second-order valence-corrected chi connectivity index (χ2v) is 7.05. The predicted molar refractivity (Wildman–Crippen MR) is 82.4 cm³/mol. The summed E-state index contributed by atoms with van der Waals surface area (Å²) in [5, 5.41) is 9.24. The third-order valence-electron chi connectivity index (χ3n) is 3.12. The molecule has 0 spiro atoms. The highest BCUT2D eigenvalue weighted by molar-refractivity contribution is 7.89. The summed E-state index contributed by atoms with van der Waals surface area (Å²) in [6.45, 7) is 2.02.